The van der Waals surface area contributed by atoms with E-state index in [-0.39, 0.29) is 0 Å². The summed E-state index contributed by atoms with van der Waals surface area (Å²) in [4.78, 5) is 0. The molecule has 0 atom stereocenters. The summed E-state index contributed by atoms with van der Waals surface area (Å²) in [6, 6.07) is 0. The Morgan fingerprint density at radius 2 is 1.44 bits per heavy atom. The molecule has 0 fully saturated rings. The second-order valence-electron chi connectivity index (χ2n) is 4.61. The molecule has 0 unspecified atom stereocenters. The van der Waals surface area contributed by atoms with Crippen molar-refractivity contribution in [1.82, 2.24) is 0 Å². The first kappa shape index (κ1) is 16.2. The van der Waals surface area contributed by atoms with Crippen LogP contribution in [-0.4, -0.2) is 18.5 Å². The van der Waals surface area contributed by atoms with Gasteiger partial charge in [-0.25, -0.2) is 0 Å². The van der Waals surface area contributed by atoms with Crippen LogP contribution in [-0.2, 0) is 0 Å². The van der Waals surface area contributed by atoms with Gasteiger partial charge in [0.05, 0.1) is 0 Å². The minimum atomic E-state index is 0.398. The van der Waals surface area contributed by atoms with E-state index in [4.69, 9.17) is 0 Å². The van der Waals surface area contributed by atoms with Crippen molar-refractivity contribution in [1.29, 1.82) is 0 Å². The molecule has 0 saturated carbocycles. The fourth-order valence-corrected chi connectivity index (χ4v) is 4.69. The molecule has 0 aliphatic rings. The van der Waals surface area contributed by atoms with E-state index in [1.54, 1.807) is 6.16 Å². The van der Waals surface area contributed by atoms with E-state index < -0.39 is 0 Å². The highest BCUT2D eigenvalue weighted by molar-refractivity contribution is 7.57. The molecule has 0 rings (SSSR count). The zero-order chi connectivity index (χ0) is 12.1. The second kappa shape index (κ2) is 13.2. The van der Waals surface area contributed by atoms with Crippen LogP contribution in [0.15, 0.2) is 12.2 Å². The fourth-order valence-electron chi connectivity index (χ4n) is 2.09. The Morgan fingerprint density at radius 1 is 0.812 bits per heavy atom. The van der Waals surface area contributed by atoms with Crippen molar-refractivity contribution < 1.29 is 0 Å². The second-order valence-corrected chi connectivity index (χ2v) is 7.30. The predicted octanol–water partition coefficient (Wildman–Crippen LogP) is 5.81. The molecule has 0 aliphatic carbocycles. The minimum absolute atomic E-state index is 0.398. The SMILES string of the molecule is CC=CCCCCCCP(CCC)CCC. The van der Waals surface area contributed by atoms with Gasteiger partial charge in [-0.05, 0) is 44.7 Å². The highest BCUT2D eigenvalue weighted by atomic mass is 31.1. The largest absolute Gasteiger partial charge is 0.107 e. The minimum Gasteiger partial charge on any atom is -0.107 e. The first-order chi connectivity index (χ1) is 7.85. The van der Waals surface area contributed by atoms with E-state index in [9.17, 15) is 0 Å². The number of unbranched alkanes of at least 4 members (excludes halogenated alkanes) is 4. The lowest BCUT2D eigenvalue weighted by atomic mass is 10.1. The molecule has 0 aromatic heterocycles. The van der Waals surface area contributed by atoms with Gasteiger partial charge in [0.25, 0.3) is 0 Å². The summed E-state index contributed by atoms with van der Waals surface area (Å²) in [6.07, 6.45) is 18.9. The van der Waals surface area contributed by atoms with E-state index in [0.717, 1.165) is 0 Å². The molecule has 96 valence electrons. The number of hydrogen-bond donors (Lipinski definition) is 0. The van der Waals surface area contributed by atoms with Gasteiger partial charge < -0.3 is 0 Å². The normalized spacial score (nSPS) is 11.8. The number of allylic oxidation sites excluding steroid dienone is 2. The quantitative estimate of drug-likeness (QED) is 0.243. The molecule has 0 saturated heterocycles. The average Bonchev–Trinajstić information content (AvgIpc) is 2.28. The molecule has 0 aromatic rings. The van der Waals surface area contributed by atoms with Crippen LogP contribution in [0, 0.1) is 0 Å². The Balaban J connectivity index is 3.32. The molecule has 1 heteroatoms. The predicted molar refractivity (Wildman–Crippen MR) is 80.0 cm³/mol. The van der Waals surface area contributed by atoms with Crippen LogP contribution in [0.3, 0.4) is 0 Å². The maximum absolute atomic E-state index is 2.34. The van der Waals surface area contributed by atoms with Crippen LogP contribution >= 0.6 is 7.92 Å². The van der Waals surface area contributed by atoms with Crippen molar-refractivity contribution in [3.05, 3.63) is 12.2 Å². The molecular weight excluding hydrogens is 211 g/mol. The van der Waals surface area contributed by atoms with Gasteiger partial charge in [-0.1, -0.05) is 51.7 Å². The summed E-state index contributed by atoms with van der Waals surface area (Å²) in [5.74, 6) is 0. The molecule has 16 heavy (non-hydrogen) atoms. The van der Waals surface area contributed by atoms with E-state index in [2.05, 4.69) is 32.9 Å². The lowest BCUT2D eigenvalue weighted by Crippen LogP contribution is -1.94. The summed E-state index contributed by atoms with van der Waals surface area (Å²) in [5, 5.41) is 0. The van der Waals surface area contributed by atoms with Gasteiger partial charge in [0.15, 0.2) is 0 Å². The lowest BCUT2D eigenvalue weighted by Gasteiger charge is -2.15. The van der Waals surface area contributed by atoms with Crippen molar-refractivity contribution >= 4 is 7.92 Å². The molecule has 0 spiro atoms. The highest BCUT2D eigenvalue weighted by Gasteiger charge is 2.04. The van der Waals surface area contributed by atoms with Gasteiger partial charge in [-0.15, -0.1) is 7.92 Å². The van der Waals surface area contributed by atoms with Crippen LogP contribution in [0.2, 0.25) is 0 Å². The van der Waals surface area contributed by atoms with E-state index in [1.807, 2.05) is 0 Å². The third kappa shape index (κ3) is 10.7. The van der Waals surface area contributed by atoms with E-state index >= 15 is 0 Å². The zero-order valence-corrected chi connectivity index (χ0v) is 12.6. The first-order valence-corrected chi connectivity index (χ1v) is 9.08. The molecule has 0 aliphatic heterocycles. The van der Waals surface area contributed by atoms with Gasteiger partial charge >= 0.3 is 0 Å². The smallest absolute Gasteiger partial charge is 0.0326 e. The van der Waals surface area contributed by atoms with Crippen LogP contribution in [0.5, 0.6) is 0 Å². The van der Waals surface area contributed by atoms with Crippen LogP contribution < -0.4 is 0 Å². The fraction of sp³-hybridized carbons (Fsp3) is 0.867. The summed E-state index contributed by atoms with van der Waals surface area (Å²) < 4.78 is 0. The molecular formula is C15H31P. The molecule has 0 bridgehead atoms. The Bertz CT molecular complexity index is 146. The molecule has 0 N–H and O–H groups in total. The van der Waals surface area contributed by atoms with Crippen LogP contribution in [0.1, 0.15) is 65.7 Å². The first-order valence-electron chi connectivity index (χ1n) is 7.18. The monoisotopic (exact) mass is 242 g/mol. The highest BCUT2D eigenvalue weighted by Crippen LogP contribution is 2.37. The van der Waals surface area contributed by atoms with E-state index in [1.165, 1.54) is 57.3 Å². The van der Waals surface area contributed by atoms with Crippen molar-refractivity contribution in [2.24, 2.45) is 0 Å². The van der Waals surface area contributed by atoms with Crippen molar-refractivity contribution in [2.75, 3.05) is 18.5 Å². The molecule has 0 radical (unpaired) electrons. The van der Waals surface area contributed by atoms with E-state index in [0.29, 0.717) is 7.92 Å². The number of rotatable bonds is 11. The van der Waals surface area contributed by atoms with Crippen LogP contribution in [0.25, 0.3) is 0 Å². The topological polar surface area (TPSA) is 0 Å². The Kier molecular flexibility index (Phi) is 13.4. The Labute approximate surface area is 105 Å². The van der Waals surface area contributed by atoms with Crippen molar-refractivity contribution in [3.63, 3.8) is 0 Å². The zero-order valence-electron chi connectivity index (χ0n) is 11.7. The molecule has 0 aromatic carbocycles. The number of hydrogen-bond acceptors (Lipinski definition) is 0. The summed E-state index contributed by atoms with van der Waals surface area (Å²) in [5.41, 5.74) is 0. The van der Waals surface area contributed by atoms with Gasteiger partial charge in [-0.3, -0.25) is 0 Å². The standard InChI is InChI=1S/C15H31P/c1-4-7-8-9-10-11-12-15-16(13-5-2)14-6-3/h4,7H,5-6,8-15H2,1-3H3. The lowest BCUT2D eigenvalue weighted by molar-refractivity contribution is 0.676. The van der Waals surface area contributed by atoms with Gasteiger partial charge in [-0.2, -0.15) is 0 Å². The Hall–Kier alpha value is 0.170. The van der Waals surface area contributed by atoms with Crippen molar-refractivity contribution in [3.8, 4) is 0 Å². The van der Waals surface area contributed by atoms with Gasteiger partial charge in [0.2, 0.25) is 0 Å². The summed E-state index contributed by atoms with van der Waals surface area (Å²) >= 11 is 0. The summed E-state index contributed by atoms with van der Waals surface area (Å²) in [6.45, 7) is 6.78. The summed E-state index contributed by atoms with van der Waals surface area (Å²) in [7, 11) is 0.398. The third-order valence-corrected chi connectivity index (χ3v) is 6.02. The molecule has 0 amide bonds. The van der Waals surface area contributed by atoms with Gasteiger partial charge in [0, 0.05) is 0 Å². The molecule has 0 heterocycles. The van der Waals surface area contributed by atoms with Crippen LogP contribution in [0.4, 0.5) is 0 Å². The van der Waals surface area contributed by atoms with Crippen molar-refractivity contribution in [2.45, 2.75) is 65.7 Å². The molecule has 0 nitrogen and oxygen atoms in total. The third-order valence-electron chi connectivity index (χ3n) is 2.91. The maximum Gasteiger partial charge on any atom is -0.0326 e. The average molecular weight is 242 g/mol. The maximum atomic E-state index is 2.34. The Morgan fingerprint density at radius 3 is 2.00 bits per heavy atom. The van der Waals surface area contributed by atoms with Gasteiger partial charge in [0.1, 0.15) is 0 Å².